The monoisotopic (exact) mass is 339 g/mol. The Bertz CT molecular complexity index is 488. The number of epoxide rings is 2. The molecular weight excluding hydrogens is 306 g/mol. The van der Waals surface area contributed by atoms with Crippen LogP contribution in [0.15, 0.2) is 0 Å². The number of methoxy groups -OCH3 is 1. The molecular formula is C19H33NO4. The van der Waals surface area contributed by atoms with Crippen LogP contribution in [0.2, 0.25) is 0 Å². The number of hydrogen-bond donors (Lipinski definition) is 0. The smallest absolute Gasteiger partial charge is 0.227 e. The molecule has 0 aromatic heterocycles. The fourth-order valence-corrected chi connectivity index (χ4v) is 4.79. The molecule has 138 valence electrons. The van der Waals surface area contributed by atoms with Gasteiger partial charge in [0, 0.05) is 27.1 Å². The Labute approximate surface area is 146 Å². The van der Waals surface area contributed by atoms with Crippen LogP contribution in [0.1, 0.15) is 46.5 Å². The molecule has 2 aliphatic heterocycles. The molecule has 1 amide bonds. The summed E-state index contributed by atoms with van der Waals surface area (Å²) in [6.07, 6.45) is 4.13. The molecule has 24 heavy (non-hydrogen) atoms. The molecule has 2 heterocycles. The van der Waals surface area contributed by atoms with Crippen LogP contribution in [0, 0.1) is 17.8 Å². The van der Waals surface area contributed by atoms with Crippen molar-refractivity contribution in [3.63, 3.8) is 0 Å². The van der Waals surface area contributed by atoms with Gasteiger partial charge in [-0.25, -0.2) is 0 Å². The largest absolute Gasteiger partial charge is 0.380 e. The third-order valence-corrected chi connectivity index (χ3v) is 6.32. The summed E-state index contributed by atoms with van der Waals surface area (Å²) in [4.78, 5) is 14.3. The van der Waals surface area contributed by atoms with Gasteiger partial charge in [0.15, 0.2) is 0 Å². The Morgan fingerprint density at radius 2 is 2.04 bits per heavy atom. The zero-order chi connectivity index (χ0) is 17.7. The first kappa shape index (κ1) is 18.2. The second-order valence-electron chi connectivity index (χ2n) is 8.67. The first-order chi connectivity index (χ1) is 11.2. The molecule has 5 nitrogen and oxygen atoms in total. The normalized spacial score (nSPS) is 44.0. The number of hydrogen-bond acceptors (Lipinski definition) is 4. The Morgan fingerprint density at radius 3 is 2.54 bits per heavy atom. The second kappa shape index (κ2) is 6.26. The Hall–Kier alpha value is -0.650. The van der Waals surface area contributed by atoms with Crippen LogP contribution in [0.4, 0.5) is 0 Å². The maximum absolute atomic E-state index is 12.7. The summed E-state index contributed by atoms with van der Waals surface area (Å²) < 4.78 is 18.0. The van der Waals surface area contributed by atoms with Crippen molar-refractivity contribution in [2.24, 2.45) is 17.8 Å². The van der Waals surface area contributed by atoms with Crippen molar-refractivity contribution in [3.05, 3.63) is 0 Å². The molecule has 5 heteroatoms. The topological polar surface area (TPSA) is 54.6 Å². The van der Waals surface area contributed by atoms with Crippen molar-refractivity contribution in [1.29, 1.82) is 0 Å². The summed E-state index contributed by atoms with van der Waals surface area (Å²) in [6, 6.07) is 0. The van der Waals surface area contributed by atoms with Gasteiger partial charge in [0.2, 0.25) is 5.91 Å². The lowest BCUT2D eigenvalue weighted by Crippen LogP contribution is -2.55. The van der Waals surface area contributed by atoms with Crippen molar-refractivity contribution in [3.8, 4) is 0 Å². The van der Waals surface area contributed by atoms with E-state index in [1.54, 1.807) is 12.0 Å². The SMILES string of the molecule is CO[C@@H]1C(C(=O)N(C)C)CC[C@]2(CO2)[C@H]1C1(C)O[C@@H]1CCC(C)C. The van der Waals surface area contributed by atoms with Crippen molar-refractivity contribution < 1.29 is 19.0 Å². The van der Waals surface area contributed by atoms with Crippen molar-refractivity contribution >= 4 is 5.91 Å². The highest BCUT2D eigenvalue weighted by molar-refractivity contribution is 5.79. The molecule has 3 aliphatic rings. The number of amides is 1. The van der Waals surface area contributed by atoms with Gasteiger partial charge >= 0.3 is 0 Å². The Morgan fingerprint density at radius 1 is 1.38 bits per heavy atom. The maximum atomic E-state index is 12.7. The fraction of sp³-hybridized carbons (Fsp3) is 0.947. The van der Waals surface area contributed by atoms with Gasteiger partial charge in [-0.2, -0.15) is 0 Å². The summed E-state index contributed by atoms with van der Waals surface area (Å²) in [5.41, 5.74) is -0.359. The van der Waals surface area contributed by atoms with E-state index in [9.17, 15) is 4.79 Å². The minimum Gasteiger partial charge on any atom is -0.380 e. The molecule has 1 spiro atoms. The fourth-order valence-electron chi connectivity index (χ4n) is 4.79. The lowest BCUT2D eigenvalue weighted by Gasteiger charge is -2.43. The molecule has 1 aliphatic carbocycles. The quantitative estimate of drug-likeness (QED) is 0.698. The van der Waals surface area contributed by atoms with E-state index >= 15 is 0 Å². The van der Waals surface area contributed by atoms with Crippen LogP contribution in [0.25, 0.3) is 0 Å². The van der Waals surface area contributed by atoms with Crippen molar-refractivity contribution in [1.82, 2.24) is 4.90 Å². The third kappa shape index (κ3) is 2.99. The Kier molecular flexibility index (Phi) is 4.73. The van der Waals surface area contributed by atoms with Gasteiger partial charge in [-0.1, -0.05) is 13.8 Å². The minimum atomic E-state index is -0.225. The molecule has 6 atom stereocenters. The third-order valence-electron chi connectivity index (χ3n) is 6.32. The minimum absolute atomic E-state index is 0.100. The van der Waals surface area contributed by atoms with E-state index in [1.807, 2.05) is 14.1 Å². The molecule has 3 rings (SSSR count). The molecule has 0 N–H and O–H groups in total. The van der Waals surface area contributed by atoms with E-state index in [4.69, 9.17) is 14.2 Å². The standard InChI is InChI=1S/C19H33NO4/c1-12(2)7-8-14-18(3,24-14)16-15(22-6)13(17(21)20(4)5)9-10-19(16)11-23-19/h12-16H,7-11H2,1-6H3/t13?,14-,15-,16-,18?,19+/m1/s1. The van der Waals surface area contributed by atoms with E-state index in [-0.39, 0.29) is 41.2 Å². The van der Waals surface area contributed by atoms with Gasteiger partial charge in [0.1, 0.15) is 5.60 Å². The van der Waals surface area contributed by atoms with Crippen LogP contribution >= 0.6 is 0 Å². The predicted octanol–water partition coefficient (Wildman–Crippen LogP) is 2.48. The first-order valence-electron chi connectivity index (χ1n) is 9.31. The number of nitrogens with zero attached hydrogens (tertiary/aromatic N) is 1. The van der Waals surface area contributed by atoms with Gasteiger partial charge < -0.3 is 19.1 Å². The van der Waals surface area contributed by atoms with E-state index in [1.165, 1.54) is 6.42 Å². The molecule has 0 aromatic rings. The van der Waals surface area contributed by atoms with Crippen LogP contribution in [0.5, 0.6) is 0 Å². The summed E-state index contributed by atoms with van der Waals surface area (Å²) in [5.74, 6) is 0.869. The van der Waals surface area contributed by atoms with Gasteiger partial charge in [0.05, 0.1) is 30.3 Å². The number of ether oxygens (including phenoxy) is 3. The average molecular weight is 339 g/mol. The van der Waals surface area contributed by atoms with E-state index < -0.39 is 0 Å². The number of rotatable bonds is 6. The molecule has 1 saturated carbocycles. The van der Waals surface area contributed by atoms with Crippen LogP contribution < -0.4 is 0 Å². The number of carbonyl (C=O) groups is 1. The summed E-state index contributed by atoms with van der Waals surface area (Å²) >= 11 is 0. The molecule has 0 bridgehead atoms. The summed E-state index contributed by atoms with van der Waals surface area (Å²) in [6.45, 7) is 7.46. The van der Waals surface area contributed by atoms with Crippen molar-refractivity contribution in [2.75, 3.05) is 27.8 Å². The van der Waals surface area contributed by atoms with Crippen LogP contribution in [-0.4, -0.2) is 62.0 Å². The highest BCUT2D eigenvalue weighted by Crippen LogP contribution is 2.60. The van der Waals surface area contributed by atoms with Gasteiger partial charge in [-0.3, -0.25) is 4.79 Å². The molecule has 0 radical (unpaired) electrons. The van der Waals surface area contributed by atoms with Crippen molar-refractivity contribution in [2.45, 2.75) is 69.9 Å². The van der Waals surface area contributed by atoms with Crippen LogP contribution in [0.3, 0.4) is 0 Å². The Balaban J connectivity index is 1.79. The predicted molar refractivity (Wildman–Crippen MR) is 91.7 cm³/mol. The summed E-state index contributed by atoms with van der Waals surface area (Å²) in [5, 5.41) is 0. The highest BCUT2D eigenvalue weighted by Gasteiger charge is 2.72. The molecule has 2 unspecified atom stereocenters. The van der Waals surface area contributed by atoms with E-state index in [0.717, 1.165) is 25.9 Å². The highest BCUT2D eigenvalue weighted by atomic mass is 16.6. The van der Waals surface area contributed by atoms with E-state index in [2.05, 4.69) is 20.8 Å². The zero-order valence-electron chi connectivity index (χ0n) is 16.0. The first-order valence-corrected chi connectivity index (χ1v) is 9.31. The lowest BCUT2D eigenvalue weighted by molar-refractivity contribution is -0.148. The lowest BCUT2D eigenvalue weighted by atomic mass is 9.65. The number of carbonyl (C=O) groups excluding carboxylic acids is 1. The van der Waals surface area contributed by atoms with Gasteiger partial charge in [0.25, 0.3) is 0 Å². The second-order valence-corrected chi connectivity index (χ2v) is 8.67. The van der Waals surface area contributed by atoms with Crippen LogP contribution in [-0.2, 0) is 19.0 Å². The molecule has 0 aromatic carbocycles. The van der Waals surface area contributed by atoms with Gasteiger partial charge in [-0.15, -0.1) is 0 Å². The maximum Gasteiger partial charge on any atom is 0.227 e. The molecule has 3 fully saturated rings. The van der Waals surface area contributed by atoms with E-state index in [0.29, 0.717) is 5.92 Å². The average Bonchev–Trinajstić information content (AvgIpc) is 3.42. The summed E-state index contributed by atoms with van der Waals surface area (Å²) in [7, 11) is 5.37. The van der Waals surface area contributed by atoms with Gasteiger partial charge in [-0.05, 0) is 38.5 Å². The molecule has 2 saturated heterocycles. The zero-order valence-corrected chi connectivity index (χ0v) is 16.0.